The molecule has 0 atom stereocenters. The van der Waals surface area contributed by atoms with E-state index in [0.717, 1.165) is 17.5 Å². The van der Waals surface area contributed by atoms with Gasteiger partial charge in [0.2, 0.25) is 5.88 Å². The molecule has 2 aromatic heterocycles. The number of pyridine rings is 1. The molecule has 0 saturated carbocycles. The zero-order valence-corrected chi connectivity index (χ0v) is 14.2. The lowest BCUT2D eigenvalue weighted by Crippen LogP contribution is -2.03. The number of hydrogen-bond acceptors (Lipinski definition) is 6. The minimum absolute atomic E-state index is 0.254. The quantitative estimate of drug-likeness (QED) is 0.761. The number of aromatic nitrogens is 3. The maximum absolute atomic E-state index is 9.19. The third-order valence-corrected chi connectivity index (χ3v) is 3.81. The highest BCUT2D eigenvalue weighted by Gasteiger charge is 2.13. The summed E-state index contributed by atoms with van der Waals surface area (Å²) in [5, 5.41) is 22.2. The van der Waals surface area contributed by atoms with Crippen LogP contribution >= 0.6 is 0 Å². The highest BCUT2D eigenvalue weighted by atomic mass is 16.5. The Bertz CT molecular complexity index is 1010. The molecule has 0 bridgehead atoms. The molecule has 2 N–H and O–H groups in total. The van der Waals surface area contributed by atoms with Crippen molar-refractivity contribution in [2.24, 2.45) is 12.8 Å². The molecule has 26 heavy (non-hydrogen) atoms. The minimum atomic E-state index is 0.254. The molecule has 0 radical (unpaired) electrons. The summed E-state index contributed by atoms with van der Waals surface area (Å²) in [5.41, 5.74) is 8.80. The summed E-state index contributed by atoms with van der Waals surface area (Å²) in [6.45, 7) is 0.563. The van der Waals surface area contributed by atoms with Crippen molar-refractivity contribution in [1.82, 2.24) is 14.8 Å². The van der Waals surface area contributed by atoms with Gasteiger partial charge in [-0.2, -0.15) is 15.6 Å². The number of rotatable bonds is 5. The molecule has 0 aliphatic rings. The molecule has 0 saturated heterocycles. The molecule has 0 aliphatic carbocycles. The first-order valence-electron chi connectivity index (χ1n) is 7.96. The van der Waals surface area contributed by atoms with Gasteiger partial charge in [0, 0.05) is 24.9 Å². The molecule has 7 nitrogen and oxygen atoms in total. The van der Waals surface area contributed by atoms with Crippen LogP contribution in [0.5, 0.6) is 11.6 Å². The summed E-state index contributed by atoms with van der Waals surface area (Å²) >= 11 is 0. The molecule has 0 amide bonds. The van der Waals surface area contributed by atoms with Crippen LogP contribution in [-0.2, 0) is 13.5 Å². The van der Waals surface area contributed by atoms with Crippen LogP contribution < -0.4 is 10.5 Å². The van der Waals surface area contributed by atoms with Gasteiger partial charge in [-0.3, -0.25) is 4.98 Å². The SMILES string of the molecule is Cn1nc(C#N)cc1Oc1cc(C#N)ccc1-c1ccc(CCN)cn1. The van der Waals surface area contributed by atoms with Crippen LogP contribution in [0.1, 0.15) is 16.8 Å². The number of aryl methyl sites for hydroxylation is 1. The summed E-state index contributed by atoms with van der Waals surface area (Å²) in [7, 11) is 1.68. The Kier molecular flexibility index (Phi) is 4.93. The van der Waals surface area contributed by atoms with Crippen molar-refractivity contribution in [3.63, 3.8) is 0 Å². The number of nitriles is 2. The van der Waals surface area contributed by atoms with Gasteiger partial charge in [-0.1, -0.05) is 6.07 Å². The molecule has 2 heterocycles. The summed E-state index contributed by atoms with van der Waals surface area (Å²) in [6.07, 6.45) is 2.54. The Morgan fingerprint density at radius 2 is 2.00 bits per heavy atom. The summed E-state index contributed by atoms with van der Waals surface area (Å²) in [5.74, 6) is 0.869. The van der Waals surface area contributed by atoms with Gasteiger partial charge in [0.1, 0.15) is 11.8 Å². The molecule has 0 spiro atoms. The van der Waals surface area contributed by atoms with Gasteiger partial charge in [0.05, 0.1) is 17.3 Å². The van der Waals surface area contributed by atoms with Crippen molar-refractivity contribution in [2.75, 3.05) is 6.54 Å². The largest absolute Gasteiger partial charge is 0.439 e. The van der Waals surface area contributed by atoms with Crippen LogP contribution in [-0.4, -0.2) is 21.3 Å². The van der Waals surface area contributed by atoms with Crippen molar-refractivity contribution in [3.05, 3.63) is 59.4 Å². The van der Waals surface area contributed by atoms with Gasteiger partial charge in [0.25, 0.3) is 0 Å². The first-order chi connectivity index (χ1) is 12.6. The summed E-state index contributed by atoms with van der Waals surface area (Å²) in [4.78, 5) is 4.48. The van der Waals surface area contributed by atoms with Gasteiger partial charge in [-0.05, 0) is 42.8 Å². The minimum Gasteiger partial charge on any atom is -0.439 e. The van der Waals surface area contributed by atoms with E-state index in [-0.39, 0.29) is 5.69 Å². The van der Waals surface area contributed by atoms with Gasteiger partial charge >= 0.3 is 0 Å². The summed E-state index contributed by atoms with van der Waals surface area (Å²) < 4.78 is 7.41. The van der Waals surface area contributed by atoms with Crippen LogP contribution in [0.25, 0.3) is 11.3 Å². The lowest BCUT2D eigenvalue weighted by Gasteiger charge is -2.11. The van der Waals surface area contributed by atoms with Crippen LogP contribution in [0.4, 0.5) is 0 Å². The molecular weight excluding hydrogens is 328 g/mol. The van der Waals surface area contributed by atoms with Gasteiger partial charge in [-0.25, -0.2) is 4.68 Å². The molecule has 0 aliphatic heterocycles. The predicted octanol–water partition coefficient (Wildman–Crippen LogP) is 2.52. The number of hydrogen-bond donors (Lipinski definition) is 1. The second-order valence-electron chi connectivity index (χ2n) is 5.62. The molecule has 7 heteroatoms. The van der Waals surface area contributed by atoms with E-state index in [9.17, 15) is 5.26 Å². The maximum Gasteiger partial charge on any atom is 0.218 e. The molecular formula is C19H16N6O. The third kappa shape index (κ3) is 3.54. The zero-order chi connectivity index (χ0) is 18.5. The number of nitrogens with zero attached hydrogens (tertiary/aromatic N) is 5. The topological polar surface area (TPSA) is 114 Å². The fraction of sp³-hybridized carbons (Fsp3) is 0.158. The molecule has 0 unspecified atom stereocenters. The second kappa shape index (κ2) is 7.47. The Hall–Kier alpha value is -3.68. The molecule has 3 rings (SSSR count). The maximum atomic E-state index is 9.19. The third-order valence-electron chi connectivity index (χ3n) is 3.81. The van der Waals surface area contributed by atoms with Crippen molar-refractivity contribution >= 4 is 0 Å². The Balaban J connectivity index is 2.01. The van der Waals surface area contributed by atoms with Crippen molar-refractivity contribution in [1.29, 1.82) is 10.5 Å². The normalized spacial score (nSPS) is 10.2. The van der Waals surface area contributed by atoms with E-state index in [1.165, 1.54) is 4.68 Å². The molecule has 128 valence electrons. The van der Waals surface area contributed by atoms with E-state index < -0.39 is 0 Å². The summed E-state index contributed by atoms with van der Waals surface area (Å²) in [6, 6.07) is 14.6. The monoisotopic (exact) mass is 344 g/mol. The van der Waals surface area contributed by atoms with Crippen LogP contribution in [0.15, 0.2) is 42.6 Å². The smallest absolute Gasteiger partial charge is 0.218 e. The number of nitrogens with two attached hydrogens (primary N) is 1. The highest BCUT2D eigenvalue weighted by molar-refractivity contribution is 5.69. The first-order valence-corrected chi connectivity index (χ1v) is 7.96. The Morgan fingerprint density at radius 1 is 1.15 bits per heavy atom. The van der Waals surface area contributed by atoms with E-state index in [0.29, 0.717) is 29.4 Å². The average molecular weight is 344 g/mol. The second-order valence-corrected chi connectivity index (χ2v) is 5.62. The molecule has 1 aromatic carbocycles. The van der Waals surface area contributed by atoms with E-state index in [1.54, 1.807) is 37.5 Å². The van der Waals surface area contributed by atoms with E-state index in [2.05, 4.69) is 16.2 Å². The van der Waals surface area contributed by atoms with E-state index >= 15 is 0 Å². The standard InChI is InChI=1S/C19H16N6O/c1-25-19(9-15(11-22)24-25)26-18-8-14(10-21)2-4-16(18)17-5-3-13(6-7-20)12-23-17/h2-5,8-9,12H,6-7,20H2,1H3. The number of ether oxygens (including phenoxy) is 1. The van der Waals surface area contributed by atoms with Crippen LogP contribution in [0.3, 0.4) is 0 Å². The average Bonchev–Trinajstić information content (AvgIpc) is 3.02. The fourth-order valence-corrected chi connectivity index (χ4v) is 2.50. The highest BCUT2D eigenvalue weighted by Crippen LogP contribution is 2.33. The molecule has 3 aromatic rings. The lowest BCUT2D eigenvalue weighted by atomic mass is 10.1. The van der Waals surface area contributed by atoms with Crippen molar-refractivity contribution < 1.29 is 4.74 Å². The van der Waals surface area contributed by atoms with Gasteiger partial charge in [-0.15, -0.1) is 0 Å². The van der Waals surface area contributed by atoms with E-state index in [1.807, 2.05) is 18.2 Å². The van der Waals surface area contributed by atoms with Crippen molar-refractivity contribution in [3.8, 4) is 35.0 Å². The molecule has 0 fully saturated rings. The zero-order valence-electron chi connectivity index (χ0n) is 14.2. The Morgan fingerprint density at radius 3 is 2.62 bits per heavy atom. The fourth-order valence-electron chi connectivity index (χ4n) is 2.50. The van der Waals surface area contributed by atoms with Crippen molar-refractivity contribution in [2.45, 2.75) is 6.42 Å². The first kappa shape index (κ1) is 17.2. The predicted molar refractivity (Wildman–Crippen MR) is 95.1 cm³/mol. The van der Waals surface area contributed by atoms with Gasteiger partial charge in [0.15, 0.2) is 5.69 Å². The Labute approximate surface area is 150 Å². The van der Waals surface area contributed by atoms with Gasteiger partial charge < -0.3 is 10.5 Å². The van der Waals surface area contributed by atoms with E-state index in [4.69, 9.17) is 15.7 Å². The number of benzene rings is 1. The lowest BCUT2D eigenvalue weighted by molar-refractivity contribution is 0.432. The van der Waals surface area contributed by atoms with Crippen LogP contribution in [0.2, 0.25) is 0 Å². The van der Waals surface area contributed by atoms with Crippen LogP contribution in [0, 0.1) is 22.7 Å².